The molecule has 2 aromatic rings. The highest BCUT2D eigenvalue weighted by Crippen LogP contribution is 2.23. The molecule has 21 heavy (non-hydrogen) atoms. The van der Waals surface area contributed by atoms with Crippen molar-refractivity contribution in [1.29, 1.82) is 0 Å². The van der Waals surface area contributed by atoms with Crippen molar-refractivity contribution in [3.63, 3.8) is 0 Å². The fourth-order valence-electron chi connectivity index (χ4n) is 1.91. The molecule has 0 unspecified atom stereocenters. The molecule has 7 heteroatoms. The van der Waals surface area contributed by atoms with Gasteiger partial charge in [0.15, 0.2) is 0 Å². The maximum absolute atomic E-state index is 12.2. The molecule has 0 spiro atoms. The zero-order valence-electron chi connectivity index (χ0n) is 12.7. The lowest BCUT2D eigenvalue weighted by Gasteiger charge is -2.14. The van der Waals surface area contributed by atoms with Crippen molar-refractivity contribution in [3.8, 4) is 0 Å². The molecule has 114 valence electrons. The van der Waals surface area contributed by atoms with Crippen LogP contribution in [0.15, 0.2) is 21.2 Å². The quantitative estimate of drug-likeness (QED) is 0.929. The lowest BCUT2D eigenvalue weighted by molar-refractivity contribution is 0.564. The summed E-state index contributed by atoms with van der Waals surface area (Å²) in [6.45, 7) is 8.67. The van der Waals surface area contributed by atoms with Crippen molar-refractivity contribution in [2.45, 2.75) is 46.2 Å². The highest BCUT2D eigenvalue weighted by Gasteiger charge is 2.18. The van der Waals surface area contributed by atoms with E-state index < -0.39 is 5.56 Å². The molecular weight excluding hydrogens is 288 g/mol. The molecule has 2 N–H and O–H groups in total. The molecule has 0 saturated heterocycles. The number of aryl methyl sites for hydroxylation is 1. The Morgan fingerprint density at radius 2 is 2.00 bits per heavy atom. The third-order valence-corrected chi connectivity index (χ3v) is 4.05. The van der Waals surface area contributed by atoms with E-state index in [-0.39, 0.29) is 23.3 Å². The second kappa shape index (κ2) is 5.48. The van der Waals surface area contributed by atoms with Crippen LogP contribution in [0.5, 0.6) is 0 Å². The molecule has 0 atom stereocenters. The molecule has 6 nitrogen and oxygen atoms in total. The van der Waals surface area contributed by atoms with Crippen LogP contribution in [0, 0.1) is 0 Å². The minimum Gasteiger partial charge on any atom is -0.393 e. The zero-order chi connectivity index (χ0) is 15.8. The van der Waals surface area contributed by atoms with Crippen LogP contribution in [-0.4, -0.2) is 14.1 Å². The van der Waals surface area contributed by atoms with Crippen molar-refractivity contribution >= 4 is 17.0 Å². The minimum atomic E-state index is -0.461. The van der Waals surface area contributed by atoms with Crippen LogP contribution in [0.25, 0.3) is 0 Å². The van der Waals surface area contributed by atoms with E-state index >= 15 is 0 Å². The van der Waals surface area contributed by atoms with Crippen LogP contribution in [0.4, 0.5) is 5.69 Å². The van der Waals surface area contributed by atoms with Gasteiger partial charge in [0, 0.05) is 23.5 Å². The SMILES string of the molecule is CCn1cc(N)c(=O)n(Cc2nc(C(C)(C)C)cs2)c1=O. The fourth-order valence-corrected chi connectivity index (χ4v) is 2.91. The Bertz CT molecular complexity index is 765. The second-order valence-electron chi connectivity index (χ2n) is 5.92. The summed E-state index contributed by atoms with van der Waals surface area (Å²) in [6, 6.07) is 0. The first kappa shape index (κ1) is 15.5. The number of rotatable bonds is 3. The van der Waals surface area contributed by atoms with Crippen molar-refractivity contribution in [1.82, 2.24) is 14.1 Å². The Hall–Kier alpha value is -1.89. The van der Waals surface area contributed by atoms with Crippen molar-refractivity contribution < 1.29 is 0 Å². The first-order chi connectivity index (χ1) is 9.74. The standard InChI is InChI=1S/C14H20N4O2S/c1-5-17-6-9(15)12(19)18(13(17)20)7-11-16-10(8-21-11)14(2,3)4/h6,8H,5,7,15H2,1-4H3. The lowest BCUT2D eigenvalue weighted by atomic mass is 9.93. The Kier molecular flexibility index (Phi) is 4.04. The Morgan fingerprint density at radius 1 is 1.33 bits per heavy atom. The molecule has 2 rings (SSSR count). The summed E-state index contributed by atoms with van der Waals surface area (Å²) in [5, 5.41) is 2.69. The van der Waals surface area contributed by atoms with Crippen molar-refractivity contribution in [2.24, 2.45) is 0 Å². The van der Waals surface area contributed by atoms with Gasteiger partial charge in [-0.1, -0.05) is 20.8 Å². The molecule has 0 fully saturated rings. The van der Waals surface area contributed by atoms with E-state index in [4.69, 9.17) is 5.73 Å². The number of hydrogen-bond donors (Lipinski definition) is 1. The van der Waals surface area contributed by atoms with Crippen LogP contribution in [0.2, 0.25) is 0 Å². The van der Waals surface area contributed by atoms with Gasteiger partial charge in [-0.15, -0.1) is 11.3 Å². The summed E-state index contributed by atoms with van der Waals surface area (Å²) in [5.41, 5.74) is 5.84. The largest absolute Gasteiger partial charge is 0.393 e. The van der Waals surface area contributed by atoms with Gasteiger partial charge in [-0.25, -0.2) is 9.78 Å². The maximum Gasteiger partial charge on any atom is 0.331 e. The third kappa shape index (κ3) is 3.07. The molecule has 2 heterocycles. The summed E-state index contributed by atoms with van der Waals surface area (Å²) in [7, 11) is 0. The highest BCUT2D eigenvalue weighted by molar-refractivity contribution is 7.09. The topological polar surface area (TPSA) is 82.9 Å². The van der Waals surface area contributed by atoms with Gasteiger partial charge in [0.1, 0.15) is 10.7 Å². The van der Waals surface area contributed by atoms with Gasteiger partial charge in [0.25, 0.3) is 5.56 Å². The van der Waals surface area contributed by atoms with Gasteiger partial charge < -0.3 is 5.73 Å². The number of nitrogens with two attached hydrogens (primary N) is 1. The minimum absolute atomic E-state index is 0.0565. The molecule has 0 amide bonds. The van der Waals surface area contributed by atoms with Crippen LogP contribution in [0.1, 0.15) is 38.4 Å². The van der Waals surface area contributed by atoms with Crippen molar-refractivity contribution in [2.75, 3.05) is 5.73 Å². The fraction of sp³-hybridized carbons (Fsp3) is 0.500. The Labute approximate surface area is 126 Å². The van der Waals surface area contributed by atoms with Crippen LogP contribution in [-0.2, 0) is 18.5 Å². The van der Waals surface area contributed by atoms with E-state index in [1.807, 2.05) is 12.3 Å². The molecule has 0 aliphatic rings. The smallest absolute Gasteiger partial charge is 0.331 e. The van der Waals surface area contributed by atoms with Gasteiger partial charge in [0.05, 0.1) is 12.2 Å². The monoisotopic (exact) mass is 308 g/mol. The molecular formula is C14H20N4O2S. The second-order valence-corrected chi connectivity index (χ2v) is 6.86. The molecule has 0 bridgehead atoms. The summed E-state index contributed by atoms with van der Waals surface area (Å²) in [6.07, 6.45) is 1.39. The molecule has 2 aromatic heterocycles. The van der Waals surface area contributed by atoms with Gasteiger partial charge in [-0.05, 0) is 6.92 Å². The molecule has 0 aliphatic heterocycles. The number of nitrogens with zero attached hydrogens (tertiary/aromatic N) is 3. The number of aromatic nitrogens is 3. The van der Waals surface area contributed by atoms with E-state index in [0.717, 1.165) is 15.3 Å². The van der Waals surface area contributed by atoms with Gasteiger partial charge >= 0.3 is 5.69 Å². The summed E-state index contributed by atoms with van der Waals surface area (Å²) >= 11 is 1.45. The highest BCUT2D eigenvalue weighted by atomic mass is 32.1. The third-order valence-electron chi connectivity index (χ3n) is 3.22. The number of thiazole rings is 1. The van der Waals surface area contributed by atoms with Gasteiger partial charge in [-0.3, -0.25) is 13.9 Å². The average Bonchev–Trinajstić information content (AvgIpc) is 2.87. The molecule has 0 aliphatic carbocycles. The van der Waals surface area contributed by atoms with Gasteiger partial charge in [-0.2, -0.15) is 0 Å². The first-order valence-electron chi connectivity index (χ1n) is 6.78. The molecule has 0 radical (unpaired) electrons. The van der Waals surface area contributed by atoms with E-state index in [9.17, 15) is 9.59 Å². The average molecular weight is 308 g/mol. The van der Waals surface area contributed by atoms with Crippen LogP contribution >= 0.6 is 11.3 Å². The summed E-state index contributed by atoms with van der Waals surface area (Å²) in [4.78, 5) is 28.8. The summed E-state index contributed by atoms with van der Waals surface area (Å²) < 4.78 is 2.57. The normalized spacial score (nSPS) is 11.8. The number of hydrogen-bond acceptors (Lipinski definition) is 5. The molecule has 0 saturated carbocycles. The van der Waals surface area contributed by atoms with E-state index in [1.165, 1.54) is 22.1 Å². The predicted molar refractivity (Wildman–Crippen MR) is 85.0 cm³/mol. The van der Waals surface area contributed by atoms with Crippen LogP contribution in [0.3, 0.4) is 0 Å². The maximum atomic E-state index is 12.2. The van der Waals surface area contributed by atoms with Gasteiger partial charge in [0.2, 0.25) is 0 Å². The summed E-state index contributed by atoms with van der Waals surface area (Å²) in [5.74, 6) is 0. The van der Waals surface area contributed by atoms with Crippen molar-refractivity contribution in [3.05, 3.63) is 43.1 Å². The van der Waals surface area contributed by atoms with E-state index in [2.05, 4.69) is 25.8 Å². The van der Waals surface area contributed by atoms with E-state index in [1.54, 1.807) is 0 Å². The molecule has 0 aromatic carbocycles. The van der Waals surface area contributed by atoms with E-state index in [0.29, 0.717) is 6.54 Å². The lowest BCUT2D eigenvalue weighted by Crippen LogP contribution is -2.40. The predicted octanol–water partition coefficient (Wildman–Crippen LogP) is 1.41. The zero-order valence-corrected chi connectivity index (χ0v) is 13.5. The Balaban J connectivity index is 2.45. The van der Waals surface area contributed by atoms with Crippen LogP contribution < -0.4 is 17.0 Å². The number of nitrogen functional groups attached to an aromatic ring is 1. The first-order valence-corrected chi connectivity index (χ1v) is 7.66. The Morgan fingerprint density at radius 3 is 2.52 bits per heavy atom. The number of anilines is 1.